The predicted octanol–water partition coefficient (Wildman–Crippen LogP) is 4.42. The van der Waals surface area contributed by atoms with E-state index in [-0.39, 0.29) is 11.5 Å². The van der Waals surface area contributed by atoms with Gasteiger partial charge in [0, 0.05) is 9.85 Å². The first-order chi connectivity index (χ1) is 8.97. The van der Waals surface area contributed by atoms with Gasteiger partial charge in [-0.15, -0.1) is 11.3 Å². The maximum Gasteiger partial charge on any atom is 0.258 e. The Labute approximate surface area is 123 Å². The second-order valence-electron chi connectivity index (χ2n) is 4.31. The highest BCUT2D eigenvalue weighted by Gasteiger charge is 2.14. The summed E-state index contributed by atoms with van der Waals surface area (Å²) < 4.78 is 13.7. The lowest BCUT2D eigenvalue weighted by Gasteiger charge is -2.04. The Hall–Kier alpha value is -1.27. The van der Waals surface area contributed by atoms with Gasteiger partial charge in [0.05, 0.1) is 11.3 Å². The zero-order valence-electron chi connectivity index (χ0n) is 10.4. The number of nitrogens with one attached hydrogen (secondary N) is 1. The summed E-state index contributed by atoms with van der Waals surface area (Å²) in [5, 5.41) is 5.10. The van der Waals surface area contributed by atoms with Crippen LogP contribution >= 0.6 is 27.3 Å². The molecule has 0 aliphatic carbocycles. The molecule has 100 valence electrons. The van der Waals surface area contributed by atoms with Crippen molar-refractivity contribution in [1.82, 2.24) is 4.98 Å². The molecule has 0 saturated heterocycles. The Bertz CT molecular complexity index is 612. The Kier molecular flexibility index (Phi) is 4.31. The molecule has 1 N–H and O–H groups in total. The maximum absolute atomic E-state index is 13.1. The smallest absolute Gasteiger partial charge is 0.258 e. The van der Waals surface area contributed by atoms with Gasteiger partial charge in [0.25, 0.3) is 5.91 Å². The van der Waals surface area contributed by atoms with E-state index in [1.54, 1.807) is 0 Å². The van der Waals surface area contributed by atoms with Gasteiger partial charge in [-0.2, -0.15) is 0 Å². The number of benzene rings is 1. The fraction of sp³-hybridized carbons (Fsp3) is 0.231. The molecule has 0 spiro atoms. The summed E-state index contributed by atoms with van der Waals surface area (Å²) in [6.07, 6.45) is 0. The Morgan fingerprint density at radius 3 is 2.84 bits per heavy atom. The van der Waals surface area contributed by atoms with Gasteiger partial charge < -0.3 is 0 Å². The molecule has 0 fully saturated rings. The monoisotopic (exact) mass is 342 g/mol. The standard InChI is InChI=1S/C13H12BrFN2OS/c1-7(2)11-6-19-13(16-11)17-12(18)9-5-8(15)3-4-10(9)14/h3-7H,1-2H3,(H,16,17,18). The lowest BCUT2D eigenvalue weighted by atomic mass is 10.2. The van der Waals surface area contributed by atoms with E-state index in [0.717, 1.165) is 5.69 Å². The molecule has 0 radical (unpaired) electrons. The van der Waals surface area contributed by atoms with Crippen LogP contribution in [0.15, 0.2) is 28.1 Å². The highest BCUT2D eigenvalue weighted by molar-refractivity contribution is 9.10. The van der Waals surface area contributed by atoms with E-state index >= 15 is 0 Å². The highest BCUT2D eigenvalue weighted by Crippen LogP contribution is 2.23. The van der Waals surface area contributed by atoms with Gasteiger partial charge in [0.15, 0.2) is 5.13 Å². The van der Waals surface area contributed by atoms with Gasteiger partial charge in [0.2, 0.25) is 0 Å². The molecule has 0 saturated carbocycles. The van der Waals surface area contributed by atoms with Crippen LogP contribution in [0, 0.1) is 5.82 Å². The fourth-order valence-electron chi connectivity index (χ4n) is 1.44. The molecule has 0 bridgehead atoms. The molecule has 3 nitrogen and oxygen atoms in total. The Balaban J connectivity index is 2.18. The number of carbonyl (C=O) groups is 1. The topological polar surface area (TPSA) is 42.0 Å². The summed E-state index contributed by atoms with van der Waals surface area (Å²) in [5.41, 5.74) is 1.18. The number of thiazole rings is 1. The van der Waals surface area contributed by atoms with Crippen LogP contribution in [0.3, 0.4) is 0 Å². The molecule has 1 amide bonds. The third-order valence-electron chi connectivity index (χ3n) is 2.51. The Morgan fingerprint density at radius 2 is 2.21 bits per heavy atom. The number of halogens is 2. The number of amides is 1. The Morgan fingerprint density at radius 1 is 1.47 bits per heavy atom. The van der Waals surface area contributed by atoms with Crippen molar-refractivity contribution in [2.75, 3.05) is 5.32 Å². The van der Waals surface area contributed by atoms with E-state index in [0.29, 0.717) is 15.5 Å². The second-order valence-corrected chi connectivity index (χ2v) is 6.02. The van der Waals surface area contributed by atoms with Gasteiger partial charge in [-0.05, 0) is 40.0 Å². The number of hydrogen-bond donors (Lipinski definition) is 1. The van der Waals surface area contributed by atoms with E-state index in [1.807, 2.05) is 19.2 Å². The third-order valence-corrected chi connectivity index (χ3v) is 3.97. The van der Waals surface area contributed by atoms with Gasteiger partial charge in [0.1, 0.15) is 5.82 Å². The molecular formula is C13H12BrFN2OS. The lowest BCUT2D eigenvalue weighted by Crippen LogP contribution is -2.12. The molecule has 1 heterocycles. The number of nitrogens with zero attached hydrogens (tertiary/aromatic N) is 1. The van der Waals surface area contributed by atoms with Gasteiger partial charge in [-0.25, -0.2) is 9.37 Å². The van der Waals surface area contributed by atoms with Crippen LogP contribution in [0.4, 0.5) is 9.52 Å². The molecule has 1 aromatic carbocycles. The van der Waals surface area contributed by atoms with Crippen LogP contribution in [-0.2, 0) is 0 Å². The SMILES string of the molecule is CC(C)c1csc(NC(=O)c2cc(F)ccc2Br)n1. The molecule has 0 atom stereocenters. The van der Waals surface area contributed by atoms with Crippen molar-refractivity contribution < 1.29 is 9.18 Å². The molecule has 0 aliphatic rings. The second kappa shape index (κ2) is 5.79. The van der Waals surface area contributed by atoms with E-state index < -0.39 is 5.82 Å². The summed E-state index contributed by atoms with van der Waals surface area (Å²) in [4.78, 5) is 16.3. The molecule has 2 rings (SSSR count). The normalized spacial score (nSPS) is 10.8. The van der Waals surface area contributed by atoms with Crippen LogP contribution in [0.5, 0.6) is 0 Å². The first kappa shape index (κ1) is 14.1. The third kappa shape index (κ3) is 3.39. The minimum Gasteiger partial charge on any atom is -0.298 e. The van der Waals surface area contributed by atoms with Gasteiger partial charge in [-0.3, -0.25) is 10.1 Å². The minimum absolute atomic E-state index is 0.251. The van der Waals surface area contributed by atoms with Crippen molar-refractivity contribution in [3.05, 3.63) is 45.1 Å². The summed E-state index contributed by atoms with van der Waals surface area (Å²) >= 11 is 4.59. The summed E-state index contributed by atoms with van der Waals surface area (Å²) in [5.74, 6) is -0.519. The molecule has 6 heteroatoms. The van der Waals surface area contributed by atoms with Crippen molar-refractivity contribution in [1.29, 1.82) is 0 Å². The van der Waals surface area contributed by atoms with Crippen LogP contribution < -0.4 is 5.32 Å². The summed E-state index contributed by atoms with van der Waals surface area (Å²) in [6.45, 7) is 4.06. The first-order valence-electron chi connectivity index (χ1n) is 5.69. The average molecular weight is 343 g/mol. The summed E-state index contributed by atoms with van der Waals surface area (Å²) in [7, 11) is 0. The highest BCUT2D eigenvalue weighted by atomic mass is 79.9. The van der Waals surface area contributed by atoms with Crippen molar-refractivity contribution in [2.45, 2.75) is 19.8 Å². The molecule has 2 aromatic rings. The molecule has 19 heavy (non-hydrogen) atoms. The van der Waals surface area contributed by atoms with Crippen LogP contribution in [-0.4, -0.2) is 10.9 Å². The van der Waals surface area contributed by atoms with Crippen molar-refractivity contribution in [3.63, 3.8) is 0 Å². The van der Waals surface area contributed by atoms with E-state index in [1.165, 1.54) is 29.5 Å². The van der Waals surface area contributed by atoms with Crippen LogP contribution in [0.1, 0.15) is 35.8 Å². The maximum atomic E-state index is 13.1. The van der Waals surface area contributed by atoms with Crippen molar-refractivity contribution >= 4 is 38.3 Å². The number of rotatable bonds is 3. The predicted molar refractivity (Wildman–Crippen MR) is 78.3 cm³/mol. The number of carbonyl (C=O) groups excluding carboxylic acids is 1. The zero-order valence-corrected chi connectivity index (χ0v) is 12.8. The van der Waals surface area contributed by atoms with E-state index in [9.17, 15) is 9.18 Å². The van der Waals surface area contributed by atoms with Gasteiger partial charge >= 0.3 is 0 Å². The quantitative estimate of drug-likeness (QED) is 0.896. The van der Waals surface area contributed by atoms with Crippen LogP contribution in [0.25, 0.3) is 0 Å². The zero-order chi connectivity index (χ0) is 14.0. The van der Waals surface area contributed by atoms with Crippen molar-refractivity contribution in [2.24, 2.45) is 0 Å². The van der Waals surface area contributed by atoms with Crippen LogP contribution in [0.2, 0.25) is 0 Å². The first-order valence-corrected chi connectivity index (χ1v) is 7.36. The largest absolute Gasteiger partial charge is 0.298 e. The fourth-order valence-corrected chi connectivity index (χ4v) is 2.74. The molecular weight excluding hydrogens is 331 g/mol. The van der Waals surface area contributed by atoms with E-state index in [4.69, 9.17) is 0 Å². The molecule has 0 unspecified atom stereocenters. The summed E-state index contributed by atoms with van der Waals surface area (Å²) in [6, 6.07) is 3.99. The number of aromatic nitrogens is 1. The van der Waals surface area contributed by atoms with E-state index in [2.05, 4.69) is 26.2 Å². The minimum atomic E-state index is -0.449. The average Bonchev–Trinajstić information content (AvgIpc) is 2.80. The van der Waals surface area contributed by atoms with Gasteiger partial charge in [-0.1, -0.05) is 13.8 Å². The molecule has 1 aromatic heterocycles. The van der Waals surface area contributed by atoms with Crippen molar-refractivity contribution in [3.8, 4) is 0 Å². The number of anilines is 1. The lowest BCUT2D eigenvalue weighted by molar-refractivity contribution is 0.102. The molecule has 0 aliphatic heterocycles. The number of hydrogen-bond acceptors (Lipinski definition) is 3.